The molecule has 0 spiro atoms. The van der Waals surface area contributed by atoms with Crippen molar-refractivity contribution in [3.8, 4) is 0 Å². The molecule has 5 heavy (non-hydrogen) atoms. The average Bonchev–Trinajstić information content (AvgIpc) is 1.37. The molecule has 2 heteroatoms. The van der Waals surface area contributed by atoms with Crippen molar-refractivity contribution in [3.63, 3.8) is 0 Å². The second-order valence-corrected chi connectivity index (χ2v) is 1.51. The lowest BCUT2D eigenvalue weighted by atomic mass is 10.8. The summed E-state index contributed by atoms with van der Waals surface area (Å²) < 4.78 is 0. The molecule has 1 nitrogen and oxygen atoms in total. The standard InChI is InChI=1S/C3H8Si.H2O/c1-2-3-4;/h2H,1,3H2,4H3;1H2. The number of allylic oxidation sites excluding steroid dienone is 1. The molecule has 32 valence electrons. The summed E-state index contributed by atoms with van der Waals surface area (Å²) in [5, 5.41) is 0. The summed E-state index contributed by atoms with van der Waals surface area (Å²) in [4.78, 5) is 0. The van der Waals surface area contributed by atoms with E-state index in [0.717, 1.165) is 0 Å². The van der Waals surface area contributed by atoms with Crippen LogP contribution in [0.25, 0.3) is 0 Å². The predicted molar refractivity (Wildman–Crippen MR) is 28.6 cm³/mol. The fourth-order valence-electron chi connectivity index (χ4n) is 0. The van der Waals surface area contributed by atoms with Gasteiger partial charge in [0.2, 0.25) is 0 Å². The Bertz CT molecular complexity index is 20.9. The molecule has 0 unspecified atom stereocenters. The molecule has 0 saturated heterocycles. The van der Waals surface area contributed by atoms with Gasteiger partial charge in [0, 0.05) is 10.2 Å². The van der Waals surface area contributed by atoms with E-state index in [1.54, 1.807) is 0 Å². The van der Waals surface area contributed by atoms with E-state index in [2.05, 4.69) is 6.58 Å². The lowest BCUT2D eigenvalue weighted by molar-refractivity contribution is 0.824. The zero-order valence-corrected chi connectivity index (χ0v) is 5.49. The molecule has 0 saturated carbocycles. The highest BCUT2D eigenvalue weighted by atomic mass is 28.1. The Morgan fingerprint density at radius 2 is 2.00 bits per heavy atom. The van der Waals surface area contributed by atoms with Gasteiger partial charge >= 0.3 is 0 Å². The molecule has 2 N–H and O–H groups in total. The zero-order valence-electron chi connectivity index (χ0n) is 3.49. The van der Waals surface area contributed by atoms with Crippen molar-refractivity contribution in [2.75, 3.05) is 0 Å². The second kappa shape index (κ2) is 9.07. The summed E-state index contributed by atoms with van der Waals surface area (Å²) in [5.41, 5.74) is 0. The number of rotatable bonds is 1. The van der Waals surface area contributed by atoms with E-state index in [1.807, 2.05) is 6.08 Å². The molecule has 0 atom stereocenters. The molecule has 0 rings (SSSR count). The molecule has 0 heterocycles. The maximum absolute atomic E-state index is 3.51. The molecule has 0 aromatic carbocycles. The average molecular weight is 90.2 g/mol. The van der Waals surface area contributed by atoms with Gasteiger partial charge in [0.05, 0.1) is 0 Å². The van der Waals surface area contributed by atoms with E-state index in [9.17, 15) is 0 Å². The largest absolute Gasteiger partial charge is 0.412 e. The minimum Gasteiger partial charge on any atom is -0.412 e. The van der Waals surface area contributed by atoms with E-state index in [4.69, 9.17) is 0 Å². The van der Waals surface area contributed by atoms with Gasteiger partial charge in [-0.15, -0.1) is 6.58 Å². The first-order chi connectivity index (χ1) is 1.91. The van der Waals surface area contributed by atoms with Gasteiger partial charge in [-0.25, -0.2) is 0 Å². The first-order valence-electron chi connectivity index (χ1n) is 1.52. The van der Waals surface area contributed by atoms with Gasteiger partial charge in [0.25, 0.3) is 0 Å². The molecule has 0 aliphatic rings. The highest BCUT2D eigenvalue weighted by molar-refractivity contribution is 6.09. The molecular formula is C3H10OSi. The van der Waals surface area contributed by atoms with Gasteiger partial charge in [0.1, 0.15) is 0 Å². The van der Waals surface area contributed by atoms with Gasteiger partial charge < -0.3 is 5.48 Å². The van der Waals surface area contributed by atoms with Crippen LogP contribution in [-0.4, -0.2) is 15.7 Å². The second-order valence-electron chi connectivity index (χ2n) is 0.697. The molecule has 0 radical (unpaired) electrons. The molecule has 0 aliphatic heterocycles. The van der Waals surface area contributed by atoms with E-state index in [1.165, 1.54) is 16.3 Å². The fourth-order valence-corrected chi connectivity index (χ4v) is 0. The monoisotopic (exact) mass is 90.1 g/mol. The normalized spacial score (nSPS) is 5.60. The maximum atomic E-state index is 3.51. The summed E-state index contributed by atoms with van der Waals surface area (Å²) in [5.74, 6) is 0. The molecule has 0 bridgehead atoms. The summed E-state index contributed by atoms with van der Waals surface area (Å²) >= 11 is 0. The molecule has 0 amide bonds. The van der Waals surface area contributed by atoms with Crippen LogP contribution in [0.4, 0.5) is 0 Å². The maximum Gasteiger partial charge on any atom is 0.00753 e. The van der Waals surface area contributed by atoms with Crippen molar-refractivity contribution in [2.45, 2.75) is 6.04 Å². The Kier molecular flexibility index (Phi) is 16.1. The van der Waals surface area contributed by atoms with E-state index in [0.29, 0.717) is 0 Å². The van der Waals surface area contributed by atoms with Gasteiger partial charge in [-0.1, -0.05) is 6.08 Å². The van der Waals surface area contributed by atoms with Crippen LogP contribution >= 0.6 is 0 Å². The van der Waals surface area contributed by atoms with Crippen molar-refractivity contribution in [1.82, 2.24) is 0 Å². The highest BCUT2D eigenvalue weighted by Crippen LogP contribution is 1.61. The van der Waals surface area contributed by atoms with Crippen molar-refractivity contribution in [2.24, 2.45) is 0 Å². The molecular weight excluding hydrogens is 80.1 g/mol. The van der Waals surface area contributed by atoms with Crippen molar-refractivity contribution in [3.05, 3.63) is 12.7 Å². The summed E-state index contributed by atoms with van der Waals surface area (Å²) in [6.07, 6.45) is 1.94. The van der Waals surface area contributed by atoms with Crippen LogP contribution in [0.15, 0.2) is 12.7 Å². The van der Waals surface area contributed by atoms with E-state index >= 15 is 0 Å². The minimum atomic E-state index is 0. The summed E-state index contributed by atoms with van der Waals surface area (Å²) in [6.45, 7) is 3.51. The lowest BCUT2D eigenvalue weighted by Crippen LogP contribution is -1.47. The molecule has 0 aromatic heterocycles. The molecule has 0 fully saturated rings. The highest BCUT2D eigenvalue weighted by Gasteiger charge is 1.46. The van der Waals surface area contributed by atoms with Crippen molar-refractivity contribution >= 4 is 10.2 Å². The Labute approximate surface area is 35.4 Å². The number of hydrogen-bond acceptors (Lipinski definition) is 0. The van der Waals surface area contributed by atoms with Gasteiger partial charge in [-0.2, -0.15) is 0 Å². The topological polar surface area (TPSA) is 31.5 Å². The van der Waals surface area contributed by atoms with Crippen LogP contribution in [-0.2, 0) is 0 Å². The summed E-state index contributed by atoms with van der Waals surface area (Å²) in [7, 11) is 1.27. The lowest BCUT2D eigenvalue weighted by Gasteiger charge is -1.57. The van der Waals surface area contributed by atoms with Crippen LogP contribution in [0.2, 0.25) is 6.04 Å². The predicted octanol–water partition coefficient (Wildman–Crippen LogP) is -0.869. The van der Waals surface area contributed by atoms with Gasteiger partial charge in [-0.05, 0) is 6.04 Å². The van der Waals surface area contributed by atoms with Crippen molar-refractivity contribution in [1.29, 1.82) is 0 Å². The third-order valence-electron chi connectivity index (χ3n) is 0.289. The third kappa shape index (κ3) is 17.1. The first kappa shape index (κ1) is 8.87. The Morgan fingerprint density at radius 1 is 1.80 bits per heavy atom. The Balaban J connectivity index is 0. The van der Waals surface area contributed by atoms with Gasteiger partial charge in [0.15, 0.2) is 0 Å². The van der Waals surface area contributed by atoms with Crippen LogP contribution in [0.3, 0.4) is 0 Å². The summed E-state index contributed by atoms with van der Waals surface area (Å²) in [6, 6.07) is 1.22. The quantitative estimate of drug-likeness (QED) is 0.296. The molecule has 0 aromatic rings. The van der Waals surface area contributed by atoms with E-state index < -0.39 is 0 Å². The Morgan fingerprint density at radius 3 is 2.00 bits per heavy atom. The minimum absolute atomic E-state index is 0. The van der Waals surface area contributed by atoms with Crippen LogP contribution in [0.5, 0.6) is 0 Å². The third-order valence-corrected chi connectivity index (χ3v) is 0.866. The first-order valence-corrected chi connectivity index (χ1v) is 2.94. The van der Waals surface area contributed by atoms with Crippen LogP contribution < -0.4 is 0 Å². The Hall–Kier alpha value is -0.0831. The zero-order chi connectivity index (χ0) is 3.41. The van der Waals surface area contributed by atoms with Crippen LogP contribution in [0, 0.1) is 0 Å². The van der Waals surface area contributed by atoms with Crippen LogP contribution in [0.1, 0.15) is 0 Å². The SMILES string of the molecule is C=CC[SiH3].O. The number of hydrogen-bond donors (Lipinski definition) is 0. The van der Waals surface area contributed by atoms with Crippen molar-refractivity contribution < 1.29 is 5.48 Å². The molecule has 0 aliphatic carbocycles. The smallest absolute Gasteiger partial charge is 0.00753 e. The van der Waals surface area contributed by atoms with Gasteiger partial charge in [-0.3, -0.25) is 0 Å². The van der Waals surface area contributed by atoms with E-state index in [-0.39, 0.29) is 5.48 Å². The fraction of sp³-hybridized carbons (Fsp3) is 0.333.